The number of hydrogen-bond acceptors (Lipinski definition) is 4. The van der Waals surface area contributed by atoms with Crippen molar-refractivity contribution in [2.45, 2.75) is 19.4 Å². The number of aliphatic imine (C=N–C) groups is 1. The Morgan fingerprint density at radius 2 is 2.09 bits per heavy atom. The van der Waals surface area contributed by atoms with Gasteiger partial charge in [0, 0.05) is 32.3 Å². The first kappa shape index (κ1) is 15.3. The molecule has 8 heteroatoms. The zero-order valence-corrected chi connectivity index (χ0v) is 13.1. The zero-order chi connectivity index (χ0) is 16.1. The molecule has 0 atom stereocenters. The molecule has 1 fully saturated rings. The number of hydrogen-bond donors (Lipinski definition) is 3. The Balaban J connectivity index is 1.43. The van der Waals surface area contributed by atoms with Crippen LogP contribution >= 0.6 is 0 Å². The summed E-state index contributed by atoms with van der Waals surface area (Å²) in [5.74, 6) is 1.88. The van der Waals surface area contributed by atoms with E-state index >= 15 is 0 Å². The van der Waals surface area contributed by atoms with Crippen molar-refractivity contribution in [2.75, 3.05) is 20.1 Å². The summed E-state index contributed by atoms with van der Waals surface area (Å²) in [6.07, 6.45) is 3.97. The molecule has 3 rings (SSSR count). The first-order valence-corrected chi connectivity index (χ1v) is 7.79. The molecule has 2 aromatic rings. The standard InChI is InChI=1S/C15H21N7O/c1-16-15(18-8-7-17-14(23)11-5-6-11)19-10-13-21-20-12-4-2-3-9-22(12)13/h2-4,9,11H,5-8,10H2,1H3,(H,17,23)(H2,16,18,19). The van der Waals surface area contributed by atoms with E-state index in [-0.39, 0.29) is 11.8 Å². The maximum atomic E-state index is 11.5. The zero-order valence-electron chi connectivity index (χ0n) is 13.1. The van der Waals surface area contributed by atoms with E-state index in [1.165, 1.54) is 0 Å². The highest BCUT2D eigenvalue weighted by atomic mass is 16.2. The molecule has 0 spiro atoms. The summed E-state index contributed by atoms with van der Waals surface area (Å²) in [6.45, 7) is 1.72. The van der Waals surface area contributed by atoms with Crippen molar-refractivity contribution >= 4 is 17.5 Å². The van der Waals surface area contributed by atoms with Gasteiger partial charge in [-0.3, -0.25) is 14.2 Å². The van der Waals surface area contributed by atoms with Gasteiger partial charge in [0.25, 0.3) is 0 Å². The van der Waals surface area contributed by atoms with Crippen LogP contribution < -0.4 is 16.0 Å². The Morgan fingerprint density at radius 1 is 1.26 bits per heavy atom. The molecule has 122 valence electrons. The molecule has 0 bridgehead atoms. The van der Waals surface area contributed by atoms with E-state index in [4.69, 9.17) is 0 Å². The normalized spacial score (nSPS) is 14.7. The van der Waals surface area contributed by atoms with Gasteiger partial charge in [0.2, 0.25) is 5.91 Å². The Kier molecular flexibility index (Phi) is 4.70. The topological polar surface area (TPSA) is 95.7 Å². The fraction of sp³-hybridized carbons (Fsp3) is 0.467. The molecule has 8 nitrogen and oxygen atoms in total. The van der Waals surface area contributed by atoms with Crippen molar-refractivity contribution < 1.29 is 4.79 Å². The lowest BCUT2D eigenvalue weighted by Gasteiger charge is -2.11. The minimum Gasteiger partial charge on any atom is -0.355 e. The fourth-order valence-corrected chi connectivity index (χ4v) is 2.25. The van der Waals surface area contributed by atoms with Crippen molar-refractivity contribution in [3.63, 3.8) is 0 Å². The van der Waals surface area contributed by atoms with Gasteiger partial charge in [-0.2, -0.15) is 0 Å². The first-order valence-electron chi connectivity index (χ1n) is 7.79. The second-order valence-electron chi connectivity index (χ2n) is 5.46. The number of rotatable bonds is 6. The highest BCUT2D eigenvalue weighted by molar-refractivity contribution is 5.81. The summed E-state index contributed by atoms with van der Waals surface area (Å²) in [4.78, 5) is 15.7. The monoisotopic (exact) mass is 315 g/mol. The van der Waals surface area contributed by atoms with Gasteiger partial charge in [-0.05, 0) is 25.0 Å². The molecular formula is C15H21N7O. The maximum absolute atomic E-state index is 11.5. The van der Waals surface area contributed by atoms with Crippen molar-refractivity contribution in [3.05, 3.63) is 30.2 Å². The number of pyridine rings is 1. The van der Waals surface area contributed by atoms with Gasteiger partial charge in [-0.1, -0.05) is 6.07 Å². The summed E-state index contributed by atoms with van der Waals surface area (Å²) in [5.41, 5.74) is 0.815. The quantitative estimate of drug-likeness (QED) is 0.394. The van der Waals surface area contributed by atoms with Crippen LogP contribution in [0.5, 0.6) is 0 Å². The number of nitrogens with one attached hydrogen (secondary N) is 3. The predicted octanol–water partition coefficient (Wildman–Crippen LogP) is -0.0795. The second-order valence-corrected chi connectivity index (χ2v) is 5.46. The lowest BCUT2D eigenvalue weighted by atomic mass is 10.4. The van der Waals surface area contributed by atoms with Crippen LogP contribution in [0.15, 0.2) is 29.4 Å². The average molecular weight is 315 g/mol. The highest BCUT2D eigenvalue weighted by Gasteiger charge is 2.28. The summed E-state index contributed by atoms with van der Waals surface area (Å²) in [6, 6.07) is 5.78. The van der Waals surface area contributed by atoms with Gasteiger partial charge < -0.3 is 16.0 Å². The molecule has 0 radical (unpaired) electrons. The van der Waals surface area contributed by atoms with Gasteiger partial charge in [-0.15, -0.1) is 10.2 Å². The van der Waals surface area contributed by atoms with Crippen LogP contribution in [0, 0.1) is 5.92 Å². The van der Waals surface area contributed by atoms with Crippen LogP contribution in [-0.4, -0.2) is 46.6 Å². The third-order valence-electron chi connectivity index (χ3n) is 3.69. The maximum Gasteiger partial charge on any atom is 0.223 e. The van der Waals surface area contributed by atoms with Gasteiger partial charge >= 0.3 is 0 Å². The van der Waals surface area contributed by atoms with Crippen molar-refractivity contribution in [3.8, 4) is 0 Å². The van der Waals surface area contributed by atoms with Crippen LogP contribution in [0.2, 0.25) is 0 Å². The number of carbonyl (C=O) groups excluding carboxylic acids is 1. The molecule has 3 N–H and O–H groups in total. The molecule has 0 aromatic carbocycles. The Hall–Kier alpha value is -2.64. The van der Waals surface area contributed by atoms with Crippen LogP contribution in [0.4, 0.5) is 0 Å². The molecule has 1 aliphatic rings. The third kappa shape index (κ3) is 3.97. The van der Waals surface area contributed by atoms with Crippen molar-refractivity contribution in [2.24, 2.45) is 10.9 Å². The minimum absolute atomic E-state index is 0.157. The Bertz CT molecular complexity index is 705. The third-order valence-corrected chi connectivity index (χ3v) is 3.69. The van der Waals surface area contributed by atoms with Crippen molar-refractivity contribution in [1.29, 1.82) is 0 Å². The molecule has 2 aromatic heterocycles. The van der Waals surface area contributed by atoms with Gasteiger partial charge in [0.15, 0.2) is 17.4 Å². The summed E-state index contributed by atoms with van der Waals surface area (Å²) >= 11 is 0. The van der Waals surface area contributed by atoms with Gasteiger partial charge in [-0.25, -0.2) is 0 Å². The molecule has 0 aliphatic heterocycles. The summed E-state index contributed by atoms with van der Waals surface area (Å²) in [7, 11) is 1.71. The van der Waals surface area contributed by atoms with Crippen molar-refractivity contribution in [1.82, 2.24) is 30.5 Å². The molecule has 2 heterocycles. The Labute approximate surface area is 134 Å². The molecule has 1 aliphatic carbocycles. The van der Waals surface area contributed by atoms with Crippen LogP contribution in [0.1, 0.15) is 18.7 Å². The molecule has 23 heavy (non-hydrogen) atoms. The number of carbonyl (C=O) groups is 1. The lowest BCUT2D eigenvalue weighted by molar-refractivity contribution is -0.122. The SMILES string of the molecule is CN=C(NCCNC(=O)C1CC1)NCc1nnc2ccccn12. The average Bonchev–Trinajstić information content (AvgIpc) is 3.35. The first-order chi connectivity index (χ1) is 11.3. The lowest BCUT2D eigenvalue weighted by Crippen LogP contribution is -2.41. The van der Waals surface area contributed by atoms with E-state index in [1.807, 2.05) is 28.8 Å². The van der Waals surface area contributed by atoms with E-state index in [9.17, 15) is 4.79 Å². The molecule has 1 amide bonds. The van der Waals surface area contributed by atoms with E-state index in [0.717, 1.165) is 24.3 Å². The molecule has 0 unspecified atom stereocenters. The van der Waals surface area contributed by atoms with E-state index in [0.29, 0.717) is 25.6 Å². The van der Waals surface area contributed by atoms with Crippen LogP contribution in [0.3, 0.4) is 0 Å². The van der Waals surface area contributed by atoms with E-state index in [1.54, 1.807) is 7.05 Å². The van der Waals surface area contributed by atoms with E-state index in [2.05, 4.69) is 31.1 Å². The molecular weight excluding hydrogens is 294 g/mol. The number of aromatic nitrogens is 3. The van der Waals surface area contributed by atoms with Crippen LogP contribution in [-0.2, 0) is 11.3 Å². The molecule has 1 saturated carbocycles. The van der Waals surface area contributed by atoms with Gasteiger partial charge in [0.05, 0.1) is 6.54 Å². The summed E-state index contributed by atoms with van der Waals surface area (Å²) in [5, 5.41) is 17.5. The fourth-order valence-electron chi connectivity index (χ4n) is 2.25. The van der Waals surface area contributed by atoms with Gasteiger partial charge in [0.1, 0.15) is 0 Å². The number of nitrogens with zero attached hydrogens (tertiary/aromatic N) is 4. The highest BCUT2D eigenvalue weighted by Crippen LogP contribution is 2.28. The Morgan fingerprint density at radius 3 is 2.87 bits per heavy atom. The largest absolute Gasteiger partial charge is 0.355 e. The second kappa shape index (κ2) is 7.08. The number of amides is 1. The minimum atomic E-state index is 0.157. The van der Waals surface area contributed by atoms with E-state index < -0.39 is 0 Å². The van der Waals surface area contributed by atoms with Crippen LogP contribution in [0.25, 0.3) is 5.65 Å². The smallest absolute Gasteiger partial charge is 0.223 e. The predicted molar refractivity (Wildman–Crippen MR) is 86.9 cm³/mol. The summed E-state index contributed by atoms with van der Waals surface area (Å²) < 4.78 is 1.93. The number of fused-ring (bicyclic) bond motifs is 1. The molecule has 0 saturated heterocycles. The number of guanidine groups is 1.